The summed E-state index contributed by atoms with van der Waals surface area (Å²) in [7, 11) is 0. The van der Waals surface area contributed by atoms with E-state index >= 15 is 0 Å². The zero-order chi connectivity index (χ0) is 21.7. The number of carbonyl (C=O) groups excluding carboxylic acids is 4. The van der Waals surface area contributed by atoms with Crippen LogP contribution in [0.25, 0.3) is 0 Å². The molecule has 2 aromatic rings. The van der Waals surface area contributed by atoms with Gasteiger partial charge in [-0.15, -0.1) is 11.3 Å². The summed E-state index contributed by atoms with van der Waals surface area (Å²) in [5.41, 5.74) is -0.554. The summed E-state index contributed by atoms with van der Waals surface area (Å²) in [6.07, 6.45) is 0. The molecule has 0 fully saturated rings. The van der Waals surface area contributed by atoms with Gasteiger partial charge in [0, 0.05) is 0 Å². The number of ether oxygens (including phenoxy) is 2. The van der Waals surface area contributed by atoms with E-state index in [1.54, 1.807) is 6.92 Å². The van der Waals surface area contributed by atoms with Crippen molar-refractivity contribution in [2.24, 2.45) is 0 Å². The van der Waals surface area contributed by atoms with E-state index in [0.717, 1.165) is 29.5 Å². The molecule has 1 N–H and O–H groups in total. The molecule has 0 aliphatic rings. The Bertz CT molecular complexity index is 965. The largest absolute Gasteiger partial charge is 0.462 e. The highest BCUT2D eigenvalue weighted by Crippen LogP contribution is 2.34. The lowest BCUT2D eigenvalue weighted by molar-refractivity contribution is -0.119. The lowest BCUT2D eigenvalue weighted by Gasteiger charge is -2.08. The molecule has 1 heterocycles. The number of thiophene rings is 1. The van der Waals surface area contributed by atoms with Crippen LogP contribution in [0.5, 0.6) is 0 Å². The van der Waals surface area contributed by atoms with Crippen molar-refractivity contribution >= 4 is 40.0 Å². The predicted octanol–water partition coefficient (Wildman–Crippen LogP) is 3.51. The molecular formula is C19H17F2NO6S. The first-order valence-corrected chi connectivity index (χ1v) is 9.21. The van der Waals surface area contributed by atoms with E-state index in [4.69, 9.17) is 4.74 Å². The number of hydrogen-bond acceptors (Lipinski definition) is 7. The van der Waals surface area contributed by atoms with Gasteiger partial charge >= 0.3 is 11.9 Å². The highest BCUT2D eigenvalue weighted by molar-refractivity contribution is 7.18. The van der Waals surface area contributed by atoms with Gasteiger partial charge in [-0.2, -0.15) is 0 Å². The van der Waals surface area contributed by atoms with Crippen molar-refractivity contribution in [3.8, 4) is 0 Å². The Balaban J connectivity index is 2.16. The second kappa shape index (κ2) is 9.37. The minimum atomic E-state index is -1.35. The van der Waals surface area contributed by atoms with Gasteiger partial charge < -0.3 is 14.8 Å². The zero-order valence-electron chi connectivity index (χ0n) is 15.8. The van der Waals surface area contributed by atoms with Crippen LogP contribution >= 0.6 is 11.3 Å². The average molecular weight is 425 g/mol. The van der Waals surface area contributed by atoms with Crippen molar-refractivity contribution in [2.75, 3.05) is 18.5 Å². The number of esters is 2. The monoisotopic (exact) mass is 425 g/mol. The van der Waals surface area contributed by atoms with Crippen molar-refractivity contribution in [3.63, 3.8) is 0 Å². The topological polar surface area (TPSA) is 98.8 Å². The van der Waals surface area contributed by atoms with E-state index in [9.17, 15) is 28.0 Å². The van der Waals surface area contributed by atoms with Crippen LogP contribution < -0.4 is 5.32 Å². The molecule has 0 saturated heterocycles. The highest BCUT2D eigenvalue weighted by Gasteiger charge is 2.26. The van der Waals surface area contributed by atoms with E-state index in [-0.39, 0.29) is 27.8 Å². The van der Waals surface area contributed by atoms with Crippen LogP contribution in [0.3, 0.4) is 0 Å². The minimum Gasteiger partial charge on any atom is -0.462 e. The molecule has 0 bridgehead atoms. The number of hydrogen-bond donors (Lipinski definition) is 1. The summed E-state index contributed by atoms with van der Waals surface area (Å²) in [4.78, 5) is 48.2. The fraction of sp³-hybridized carbons (Fsp3) is 0.263. The smallest absolute Gasteiger partial charge is 0.344 e. The first-order chi connectivity index (χ1) is 13.7. The Morgan fingerprint density at radius 2 is 1.62 bits per heavy atom. The fourth-order valence-electron chi connectivity index (χ4n) is 2.45. The summed E-state index contributed by atoms with van der Waals surface area (Å²) in [5.74, 6) is -5.50. The molecule has 10 heteroatoms. The Kier molecular flexibility index (Phi) is 7.16. The number of Topliss-reactive ketones (excluding diaryl/α,β-unsaturated/α-hetero) is 1. The average Bonchev–Trinajstić information content (AvgIpc) is 2.96. The van der Waals surface area contributed by atoms with Gasteiger partial charge in [0.15, 0.2) is 12.4 Å². The number of nitrogens with one attached hydrogen (secondary N) is 1. The Hall–Kier alpha value is -3.14. The van der Waals surface area contributed by atoms with Crippen molar-refractivity contribution in [2.45, 2.75) is 20.8 Å². The molecule has 0 spiro atoms. The molecule has 154 valence electrons. The van der Waals surface area contributed by atoms with E-state index in [1.807, 2.05) is 0 Å². The molecule has 7 nitrogen and oxygen atoms in total. The standard InChI is InChI=1S/C19H17F2NO6S/c1-4-27-18(25)14-9(2)16(10(3)23)29-17(14)22-13(24)8-28-19(26)15-11(20)6-5-7-12(15)21/h5-7H,4,8H2,1-3H3,(H,22,24). The van der Waals surface area contributed by atoms with Gasteiger partial charge in [-0.1, -0.05) is 6.07 Å². The quantitative estimate of drug-likeness (QED) is 0.538. The number of anilines is 1. The maximum absolute atomic E-state index is 13.6. The summed E-state index contributed by atoms with van der Waals surface area (Å²) in [6, 6.07) is 2.84. The number of amides is 1. The van der Waals surface area contributed by atoms with Gasteiger partial charge in [-0.05, 0) is 38.5 Å². The number of carbonyl (C=O) groups is 4. The SMILES string of the molecule is CCOC(=O)c1c(NC(=O)COC(=O)c2c(F)cccc2F)sc(C(C)=O)c1C. The van der Waals surface area contributed by atoms with Crippen LogP contribution in [-0.4, -0.2) is 36.8 Å². The molecule has 1 aromatic heterocycles. The predicted molar refractivity (Wildman–Crippen MR) is 100 cm³/mol. The number of benzene rings is 1. The summed E-state index contributed by atoms with van der Waals surface area (Å²) >= 11 is 0.869. The lowest BCUT2D eigenvalue weighted by atomic mass is 10.1. The van der Waals surface area contributed by atoms with Gasteiger partial charge in [0.25, 0.3) is 5.91 Å². The van der Waals surface area contributed by atoms with E-state index in [2.05, 4.69) is 10.1 Å². The third-order valence-corrected chi connectivity index (χ3v) is 5.01. The Labute approximate surface area is 168 Å². The first-order valence-electron chi connectivity index (χ1n) is 8.39. The third kappa shape index (κ3) is 5.02. The van der Waals surface area contributed by atoms with Crippen LogP contribution in [0.15, 0.2) is 18.2 Å². The normalized spacial score (nSPS) is 10.4. The number of ketones is 1. The second-order valence-corrected chi connectivity index (χ2v) is 6.78. The summed E-state index contributed by atoms with van der Waals surface area (Å²) < 4.78 is 36.8. The van der Waals surface area contributed by atoms with Crippen molar-refractivity contribution in [1.82, 2.24) is 0 Å². The molecule has 29 heavy (non-hydrogen) atoms. The van der Waals surface area contributed by atoms with E-state index in [1.165, 1.54) is 13.8 Å². The van der Waals surface area contributed by atoms with Crippen molar-refractivity contribution in [3.05, 3.63) is 51.4 Å². The van der Waals surface area contributed by atoms with Crippen LogP contribution in [0.4, 0.5) is 13.8 Å². The molecule has 0 aliphatic carbocycles. The van der Waals surface area contributed by atoms with Crippen molar-refractivity contribution < 1.29 is 37.4 Å². The molecule has 1 aromatic carbocycles. The van der Waals surface area contributed by atoms with E-state index < -0.39 is 41.7 Å². The van der Waals surface area contributed by atoms with Crippen molar-refractivity contribution in [1.29, 1.82) is 0 Å². The molecule has 0 unspecified atom stereocenters. The van der Waals surface area contributed by atoms with Gasteiger partial charge in [0.1, 0.15) is 22.2 Å². The van der Waals surface area contributed by atoms with Gasteiger partial charge in [-0.3, -0.25) is 9.59 Å². The zero-order valence-corrected chi connectivity index (χ0v) is 16.6. The van der Waals surface area contributed by atoms with E-state index in [0.29, 0.717) is 5.56 Å². The number of rotatable bonds is 7. The number of halogens is 2. The highest BCUT2D eigenvalue weighted by atomic mass is 32.1. The summed E-state index contributed by atoms with van der Waals surface area (Å²) in [5, 5.41) is 2.41. The first kappa shape index (κ1) is 22.2. The molecular weight excluding hydrogens is 408 g/mol. The molecule has 0 aliphatic heterocycles. The third-order valence-electron chi connectivity index (χ3n) is 3.70. The second-order valence-electron chi connectivity index (χ2n) is 5.76. The molecule has 0 atom stereocenters. The Morgan fingerprint density at radius 3 is 2.17 bits per heavy atom. The minimum absolute atomic E-state index is 0.0156. The Morgan fingerprint density at radius 1 is 1.03 bits per heavy atom. The molecule has 1 amide bonds. The maximum atomic E-state index is 13.6. The lowest BCUT2D eigenvalue weighted by Crippen LogP contribution is -2.22. The van der Waals surface area contributed by atoms with Gasteiger partial charge in [0.2, 0.25) is 0 Å². The molecule has 0 radical (unpaired) electrons. The van der Waals surface area contributed by atoms with Gasteiger partial charge in [0.05, 0.1) is 17.0 Å². The van der Waals surface area contributed by atoms with Crippen LogP contribution in [0, 0.1) is 18.6 Å². The van der Waals surface area contributed by atoms with Crippen LogP contribution in [0.2, 0.25) is 0 Å². The van der Waals surface area contributed by atoms with Crippen LogP contribution in [-0.2, 0) is 14.3 Å². The van der Waals surface area contributed by atoms with Gasteiger partial charge in [-0.25, -0.2) is 18.4 Å². The fourth-order valence-corrected chi connectivity index (χ4v) is 3.55. The van der Waals surface area contributed by atoms with Crippen LogP contribution in [0.1, 0.15) is 49.8 Å². The molecule has 0 saturated carbocycles. The maximum Gasteiger partial charge on any atom is 0.344 e. The summed E-state index contributed by atoms with van der Waals surface area (Å²) in [6.45, 7) is 3.68. The molecule has 2 rings (SSSR count).